The summed E-state index contributed by atoms with van der Waals surface area (Å²) < 4.78 is 5.44. The largest absolute Gasteiger partial charge is 0.375 e. The third-order valence-corrected chi connectivity index (χ3v) is 3.58. The average Bonchev–Trinajstić information content (AvgIpc) is 2.45. The molecule has 0 aromatic heterocycles. The van der Waals surface area contributed by atoms with Gasteiger partial charge in [-0.25, -0.2) is 4.99 Å². The number of aliphatic imine (C=N–C) groups is 1. The third kappa shape index (κ3) is 4.05. The van der Waals surface area contributed by atoms with Gasteiger partial charge in [0, 0.05) is 25.2 Å². The lowest BCUT2D eigenvalue weighted by Gasteiger charge is -2.31. The Morgan fingerprint density at radius 3 is 3.05 bits per heavy atom. The van der Waals surface area contributed by atoms with Crippen LogP contribution in [0, 0.1) is 10.1 Å². The van der Waals surface area contributed by atoms with Crippen LogP contribution < -0.4 is 5.73 Å². The monoisotopic (exact) mass is 312 g/mol. The second-order valence-corrected chi connectivity index (χ2v) is 5.24. The van der Waals surface area contributed by atoms with Crippen LogP contribution in [0.5, 0.6) is 0 Å². The molecule has 0 spiro atoms. The summed E-state index contributed by atoms with van der Waals surface area (Å²) in [5, 5.41) is 11.0. The zero-order chi connectivity index (χ0) is 15.4. The van der Waals surface area contributed by atoms with Crippen molar-refractivity contribution in [2.45, 2.75) is 19.6 Å². The van der Waals surface area contributed by atoms with Gasteiger partial charge in [-0.1, -0.05) is 11.6 Å². The molecular formula is C13H17ClN4O3. The van der Waals surface area contributed by atoms with E-state index in [2.05, 4.69) is 4.99 Å². The summed E-state index contributed by atoms with van der Waals surface area (Å²) in [5.41, 5.74) is 6.62. The number of benzene rings is 1. The fraction of sp³-hybridized carbons (Fsp3) is 0.462. The summed E-state index contributed by atoms with van der Waals surface area (Å²) in [7, 11) is 0. The van der Waals surface area contributed by atoms with Crippen molar-refractivity contribution in [3.63, 3.8) is 0 Å². The maximum absolute atomic E-state index is 10.6. The Morgan fingerprint density at radius 1 is 1.67 bits per heavy atom. The Bertz CT molecular complexity index is 564. The van der Waals surface area contributed by atoms with Crippen LogP contribution in [0.15, 0.2) is 23.2 Å². The predicted octanol–water partition coefficient (Wildman–Crippen LogP) is 1.78. The number of non-ortho nitro benzene ring substituents is 1. The fourth-order valence-corrected chi connectivity index (χ4v) is 2.31. The molecule has 0 bridgehead atoms. The second-order valence-electron chi connectivity index (χ2n) is 4.83. The fourth-order valence-electron chi connectivity index (χ4n) is 2.07. The van der Waals surface area contributed by atoms with Gasteiger partial charge in [0.2, 0.25) is 0 Å². The minimum absolute atomic E-state index is 0.0392. The number of nitro benzene ring substituents is 1. The van der Waals surface area contributed by atoms with Crippen LogP contribution in [0.3, 0.4) is 0 Å². The molecule has 8 heteroatoms. The van der Waals surface area contributed by atoms with E-state index in [1.165, 1.54) is 12.1 Å². The van der Waals surface area contributed by atoms with Gasteiger partial charge in [0.15, 0.2) is 5.96 Å². The van der Waals surface area contributed by atoms with Gasteiger partial charge in [0.25, 0.3) is 5.69 Å². The number of nitrogens with zero attached hydrogens (tertiary/aromatic N) is 3. The highest BCUT2D eigenvalue weighted by atomic mass is 35.5. The SMILES string of the molecule is CC1CN(C(N)=NCc2ccc([N+](=O)[O-])cc2Cl)CCO1. The van der Waals surface area contributed by atoms with Crippen LogP contribution in [-0.4, -0.2) is 41.6 Å². The Morgan fingerprint density at radius 2 is 2.43 bits per heavy atom. The van der Waals surface area contributed by atoms with E-state index < -0.39 is 4.92 Å². The molecule has 1 saturated heterocycles. The number of hydrogen-bond donors (Lipinski definition) is 1. The number of rotatable bonds is 3. The second kappa shape index (κ2) is 6.73. The molecule has 0 radical (unpaired) electrons. The lowest BCUT2D eigenvalue weighted by molar-refractivity contribution is -0.384. The maximum atomic E-state index is 10.6. The molecule has 1 atom stereocenters. The first-order chi connectivity index (χ1) is 9.97. The summed E-state index contributed by atoms with van der Waals surface area (Å²) in [6.07, 6.45) is 0.121. The molecular weight excluding hydrogens is 296 g/mol. The molecule has 0 saturated carbocycles. The van der Waals surface area contributed by atoms with Crippen molar-refractivity contribution in [3.05, 3.63) is 38.9 Å². The number of hydrogen-bond acceptors (Lipinski definition) is 4. The van der Waals surface area contributed by atoms with Crippen molar-refractivity contribution < 1.29 is 9.66 Å². The van der Waals surface area contributed by atoms with Gasteiger partial charge in [-0.3, -0.25) is 10.1 Å². The average molecular weight is 313 g/mol. The number of guanidine groups is 1. The highest BCUT2D eigenvalue weighted by Gasteiger charge is 2.18. The van der Waals surface area contributed by atoms with E-state index in [1.54, 1.807) is 6.07 Å². The van der Waals surface area contributed by atoms with Gasteiger partial charge >= 0.3 is 0 Å². The molecule has 114 valence electrons. The standard InChI is InChI=1S/C13H17ClN4O3/c1-9-8-17(4-5-21-9)13(15)16-7-10-2-3-11(18(19)20)6-12(10)14/h2-3,6,9H,4-5,7-8H2,1H3,(H2,15,16). The van der Waals surface area contributed by atoms with E-state index in [9.17, 15) is 10.1 Å². The lowest BCUT2D eigenvalue weighted by Crippen LogP contribution is -2.47. The zero-order valence-electron chi connectivity index (χ0n) is 11.7. The van der Waals surface area contributed by atoms with E-state index in [0.717, 1.165) is 0 Å². The zero-order valence-corrected chi connectivity index (χ0v) is 12.4. The molecule has 0 aliphatic carbocycles. The maximum Gasteiger partial charge on any atom is 0.270 e. The van der Waals surface area contributed by atoms with E-state index in [-0.39, 0.29) is 18.3 Å². The summed E-state index contributed by atoms with van der Waals surface area (Å²) in [4.78, 5) is 16.4. The molecule has 1 heterocycles. The van der Waals surface area contributed by atoms with E-state index in [4.69, 9.17) is 22.1 Å². The molecule has 1 aromatic rings. The van der Waals surface area contributed by atoms with Crippen LogP contribution in [0.25, 0.3) is 0 Å². The molecule has 1 aliphatic rings. The minimum Gasteiger partial charge on any atom is -0.375 e. The summed E-state index contributed by atoms with van der Waals surface area (Å²) >= 11 is 6.02. The normalized spacial score (nSPS) is 19.6. The molecule has 1 unspecified atom stereocenters. The first-order valence-corrected chi connectivity index (χ1v) is 6.94. The van der Waals surface area contributed by atoms with E-state index >= 15 is 0 Å². The lowest BCUT2D eigenvalue weighted by atomic mass is 10.2. The van der Waals surface area contributed by atoms with Gasteiger partial charge in [-0.2, -0.15) is 0 Å². The Kier molecular flexibility index (Phi) is 4.98. The molecule has 21 heavy (non-hydrogen) atoms. The van der Waals surface area contributed by atoms with E-state index in [0.29, 0.717) is 36.2 Å². The molecule has 1 aliphatic heterocycles. The van der Waals surface area contributed by atoms with Gasteiger partial charge in [0.05, 0.1) is 29.2 Å². The smallest absolute Gasteiger partial charge is 0.270 e. The molecule has 0 amide bonds. The first kappa shape index (κ1) is 15.5. The predicted molar refractivity (Wildman–Crippen MR) is 80.4 cm³/mol. The molecule has 2 N–H and O–H groups in total. The number of ether oxygens (including phenoxy) is 1. The topological polar surface area (TPSA) is 94.0 Å². The Hall–Kier alpha value is -1.86. The van der Waals surface area contributed by atoms with Crippen molar-refractivity contribution in [3.8, 4) is 0 Å². The van der Waals surface area contributed by atoms with Crippen LogP contribution in [0.4, 0.5) is 5.69 Å². The third-order valence-electron chi connectivity index (χ3n) is 3.22. The number of nitro groups is 1. The van der Waals surface area contributed by atoms with Gasteiger partial charge in [-0.15, -0.1) is 0 Å². The Balaban J connectivity index is 2.04. The summed E-state index contributed by atoms with van der Waals surface area (Å²) in [6.45, 7) is 4.29. The van der Waals surface area contributed by atoms with Crippen molar-refractivity contribution in [1.82, 2.24) is 4.90 Å². The van der Waals surface area contributed by atoms with Crippen LogP contribution in [0.2, 0.25) is 5.02 Å². The van der Waals surface area contributed by atoms with Crippen LogP contribution >= 0.6 is 11.6 Å². The van der Waals surface area contributed by atoms with Crippen molar-refractivity contribution in [2.24, 2.45) is 10.7 Å². The molecule has 2 rings (SSSR count). The number of nitrogens with two attached hydrogens (primary N) is 1. The van der Waals surface area contributed by atoms with Crippen molar-refractivity contribution >= 4 is 23.2 Å². The number of morpholine rings is 1. The highest BCUT2D eigenvalue weighted by Crippen LogP contribution is 2.23. The molecule has 7 nitrogen and oxygen atoms in total. The van der Waals surface area contributed by atoms with Gasteiger partial charge < -0.3 is 15.4 Å². The van der Waals surface area contributed by atoms with Crippen molar-refractivity contribution in [2.75, 3.05) is 19.7 Å². The highest BCUT2D eigenvalue weighted by molar-refractivity contribution is 6.31. The molecule has 1 fully saturated rings. The van der Waals surface area contributed by atoms with E-state index in [1.807, 2.05) is 11.8 Å². The quantitative estimate of drug-likeness (QED) is 0.397. The van der Waals surface area contributed by atoms with Crippen LogP contribution in [0.1, 0.15) is 12.5 Å². The minimum atomic E-state index is -0.484. The summed E-state index contributed by atoms with van der Waals surface area (Å²) in [5.74, 6) is 0.430. The summed E-state index contributed by atoms with van der Waals surface area (Å²) in [6, 6.07) is 4.32. The van der Waals surface area contributed by atoms with Gasteiger partial charge in [0.1, 0.15) is 0 Å². The van der Waals surface area contributed by atoms with Crippen LogP contribution in [-0.2, 0) is 11.3 Å². The number of halogens is 1. The molecule has 1 aromatic carbocycles. The Labute approximate surface area is 127 Å². The van der Waals surface area contributed by atoms with Crippen molar-refractivity contribution in [1.29, 1.82) is 0 Å². The van der Waals surface area contributed by atoms with Gasteiger partial charge in [-0.05, 0) is 18.6 Å². The first-order valence-electron chi connectivity index (χ1n) is 6.56.